The lowest BCUT2D eigenvalue weighted by Crippen LogP contribution is -1.96. The van der Waals surface area contributed by atoms with Gasteiger partial charge in [0.15, 0.2) is 0 Å². The number of anilines is 2. The summed E-state index contributed by atoms with van der Waals surface area (Å²) in [6, 6.07) is 72.8. The number of nitrogens with zero attached hydrogens (tertiary/aromatic N) is 1. The summed E-state index contributed by atoms with van der Waals surface area (Å²) in [5.41, 5.74) is 12.9. The van der Waals surface area contributed by atoms with Crippen LogP contribution in [0.5, 0.6) is 0 Å². The molecule has 11 rings (SSSR count). The van der Waals surface area contributed by atoms with E-state index in [9.17, 15) is 0 Å². The fourth-order valence-corrected chi connectivity index (χ4v) is 9.56. The van der Waals surface area contributed by atoms with E-state index in [0.717, 1.165) is 16.9 Å². The van der Waals surface area contributed by atoms with Gasteiger partial charge in [-0.25, -0.2) is 0 Å². The van der Waals surface area contributed by atoms with E-state index in [1.807, 2.05) is 11.3 Å². The van der Waals surface area contributed by atoms with Crippen LogP contribution < -0.4 is 5.32 Å². The van der Waals surface area contributed by atoms with Gasteiger partial charge in [0.2, 0.25) is 0 Å². The Labute approximate surface area is 323 Å². The topological polar surface area (TPSA) is 17.0 Å². The molecule has 0 aliphatic heterocycles. The molecule has 0 radical (unpaired) electrons. The first-order valence-corrected chi connectivity index (χ1v) is 19.6. The molecule has 11 aromatic rings. The first-order valence-electron chi connectivity index (χ1n) is 18.8. The normalized spacial score (nSPS) is 11.6. The minimum Gasteiger partial charge on any atom is -0.355 e. The highest BCUT2D eigenvalue weighted by atomic mass is 32.1. The fraction of sp³-hybridized carbons (Fsp3) is 0. The van der Waals surface area contributed by atoms with Gasteiger partial charge >= 0.3 is 0 Å². The molecular weight excluding hydrogens is 685 g/mol. The van der Waals surface area contributed by atoms with E-state index in [4.69, 9.17) is 0 Å². The van der Waals surface area contributed by atoms with Gasteiger partial charge in [0.05, 0.1) is 11.0 Å². The third-order valence-corrected chi connectivity index (χ3v) is 12.1. The molecule has 0 atom stereocenters. The molecule has 0 saturated carbocycles. The molecule has 0 aliphatic carbocycles. The third kappa shape index (κ3) is 5.32. The van der Waals surface area contributed by atoms with Crippen LogP contribution in [0.3, 0.4) is 0 Å². The molecule has 9 aromatic carbocycles. The molecule has 0 unspecified atom stereocenters. The highest BCUT2D eigenvalue weighted by Gasteiger charge is 2.16. The lowest BCUT2D eigenvalue weighted by molar-refractivity contribution is 1.18. The molecule has 0 saturated heterocycles. The predicted molar refractivity (Wildman–Crippen MR) is 237 cm³/mol. The predicted octanol–water partition coefficient (Wildman–Crippen LogP) is 15.0. The van der Waals surface area contributed by atoms with Gasteiger partial charge in [-0.3, -0.25) is 0 Å². The number of para-hydroxylation sites is 2. The zero-order valence-electron chi connectivity index (χ0n) is 29.9. The Morgan fingerprint density at radius 3 is 1.93 bits per heavy atom. The van der Waals surface area contributed by atoms with Crippen LogP contribution in [0.1, 0.15) is 0 Å². The first-order chi connectivity index (χ1) is 27.3. The van der Waals surface area contributed by atoms with Crippen molar-refractivity contribution in [1.82, 2.24) is 4.57 Å². The van der Waals surface area contributed by atoms with E-state index in [2.05, 4.69) is 210 Å². The molecule has 0 amide bonds. The zero-order chi connectivity index (χ0) is 36.3. The Bertz CT molecular complexity index is 3240. The van der Waals surface area contributed by atoms with Crippen LogP contribution in [-0.4, -0.2) is 4.57 Å². The van der Waals surface area contributed by atoms with Gasteiger partial charge in [-0.05, 0) is 99.9 Å². The summed E-state index contributed by atoms with van der Waals surface area (Å²) in [6.07, 6.45) is 0. The molecule has 1 N–H and O–H groups in total. The summed E-state index contributed by atoms with van der Waals surface area (Å²) in [4.78, 5) is 0. The number of nitrogens with one attached hydrogen (secondary N) is 1. The second-order valence-electron chi connectivity index (χ2n) is 14.2. The quantitative estimate of drug-likeness (QED) is 0.181. The lowest BCUT2D eigenvalue weighted by Gasteiger charge is -2.17. The number of thiophene rings is 1. The van der Waals surface area contributed by atoms with Gasteiger partial charge in [-0.1, -0.05) is 133 Å². The molecule has 258 valence electrons. The van der Waals surface area contributed by atoms with E-state index in [0.29, 0.717) is 0 Å². The number of hydrogen-bond acceptors (Lipinski definition) is 2. The van der Waals surface area contributed by atoms with Crippen LogP contribution in [0.4, 0.5) is 11.4 Å². The maximum Gasteiger partial charge on any atom is 0.0541 e. The average molecular weight is 719 g/mol. The van der Waals surface area contributed by atoms with Crippen LogP contribution in [0.15, 0.2) is 200 Å². The van der Waals surface area contributed by atoms with Crippen molar-refractivity contribution in [3.05, 3.63) is 200 Å². The molecule has 2 heterocycles. The zero-order valence-corrected chi connectivity index (χ0v) is 30.7. The van der Waals surface area contributed by atoms with Crippen LogP contribution in [-0.2, 0) is 0 Å². The Hall–Kier alpha value is -6.94. The van der Waals surface area contributed by atoms with E-state index in [-0.39, 0.29) is 0 Å². The fourth-order valence-electron chi connectivity index (χ4n) is 8.43. The molecule has 0 bridgehead atoms. The Morgan fingerprint density at radius 1 is 0.364 bits per heavy atom. The highest BCUT2D eigenvalue weighted by Crippen LogP contribution is 2.43. The molecule has 0 spiro atoms. The molecule has 0 aliphatic rings. The van der Waals surface area contributed by atoms with Crippen LogP contribution in [0.2, 0.25) is 0 Å². The van der Waals surface area contributed by atoms with Crippen molar-refractivity contribution in [2.45, 2.75) is 0 Å². The lowest BCUT2D eigenvalue weighted by atomic mass is 9.93. The number of fused-ring (bicyclic) bond motifs is 7. The molecular formula is C52H34N2S. The first kappa shape index (κ1) is 31.6. The van der Waals surface area contributed by atoms with E-state index < -0.39 is 0 Å². The van der Waals surface area contributed by atoms with Gasteiger partial charge in [0.1, 0.15) is 0 Å². The standard InChI is InChI=1S/C52H34N2S/c1-2-17-39(18-3-1)54-48-24-8-6-20-42(48)45-33-36(28-30-49(45)54)35-27-29-47(53-46-23-11-14-34-13-4-5-19-40(34)46)44(32-35)38-16-10-15-37(31-38)41-22-12-26-51-52(41)43-21-7-9-25-50(43)55-51/h1-33,53H. The van der Waals surface area contributed by atoms with Crippen molar-refractivity contribution >= 4 is 75.5 Å². The van der Waals surface area contributed by atoms with Crippen molar-refractivity contribution in [2.75, 3.05) is 5.32 Å². The van der Waals surface area contributed by atoms with Gasteiger partial charge in [-0.2, -0.15) is 0 Å². The number of benzene rings is 9. The maximum atomic E-state index is 3.88. The summed E-state index contributed by atoms with van der Waals surface area (Å²) < 4.78 is 5.01. The molecule has 2 nitrogen and oxygen atoms in total. The van der Waals surface area contributed by atoms with Gasteiger partial charge in [0, 0.05) is 59.0 Å². The van der Waals surface area contributed by atoms with E-state index >= 15 is 0 Å². The van der Waals surface area contributed by atoms with Gasteiger partial charge < -0.3 is 9.88 Å². The third-order valence-electron chi connectivity index (χ3n) is 11.0. The largest absolute Gasteiger partial charge is 0.355 e. The second-order valence-corrected chi connectivity index (χ2v) is 15.3. The van der Waals surface area contributed by atoms with Crippen molar-refractivity contribution < 1.29 is 0 Å². The summed E-state index contributed by atoms with van der Waals surface area (Å²) in [5.74, 6) is 0. The second kappa shape index (κ2) is 12.9. The van der Waals surface area contributed by atoms with Crippen LogP contribution in [0.25, 0.3) is 91.8 Å². The van der Waals surface area contributed by atoms with Crippen molar-refractivity contribution in [3.63, 3.8) is 0 Å². The highest BCUT2D eigenvalue weighted by molar-refractivity contribution is 7.25. The van der Waals surface area contributed by atoms with Crippen molar-refractivity contribution in [2.24, 2.45) is 0 Å². The van der Waals surface area contributed by atoms with Crippen molar-refractivity contribution in [1.29, 1.82) is 0 Å². The van der Waals surface area contributed by atoms with Crippen LogP contribution >= 0.6 is 11.3 Å². The van der Waals surface area contributed by atoms with Crippen LogP contribution in [0, 0.1) is 0 Å². The van der Waals surface area contributed by atoms with E-state index in [1.165, 1.54) is 86.3 Å². The maximum absolute atomic E-state index is 3.88. The SMILES string of the molecule is c1ccc(-n2c3ccccc3c3cc(-c4ccc(Nc5cccc6ccccc56)c(-c5cccc(-c6cccc7sc8ccccc8c67)c5)c4)ccc32)cc1. The summed E-state index contributed by atoms with van der Waals surface area (Å²) in [5, 5.41) is 11.4. The molecule has 2 aromatic heterocycles. The Morgan fingerprint density at radius 2 is 1.02 bits per heavy atom. The molecule has 3 heteroatoms. The smallest absolute Gasteiger partial charge is 0.0541 e. The van der Waals surface area contributed by atoms with Crippen molar-refractivity contribution in [3.8, 4) is 39.1 Å². The Kier molecular flexibility index (Phi) is 7.39. The number of aromatic nitrogens is 1. The monoisotopic (exact) mass is 718 g/mol. The minimum atomic E-state index is 1.07. The summed E-state index contributed by atoms with van der Waals surface area (Å²) in [7, 11) is 0. The minimum absolute atomic E-state index is 1.07. The summed E-state index contributed by atoms with van der Waals surface area (Å²) >= 11 is 1.87. The molecule has 55 heavy (non-hydrogen) atoms. The molecule has 0 fully saturated rings. The number of hydrogen-bond donors (Lipinski definition) is 1. The van der Waals surface area contributed by atoms with Gasteiger partial charge in [0.25, 0.3) is 0 Å². The van der Waals surface area contributed by atoms with E-state index in [1.54, 1.807) is 0 Å². The summed E-state index contributed by atoms with van der Waals surface area (Å²) in [6.45, 7) is 0. The van der Waals surface area contributed by atoms with Gasteiger partial charge in [-0.15, -0.1) is 11.3 Å². The Balaban J connectivity index is 1.09. The number of rotatable bonds is 6. The average Bonchev–Trinajstić information content (AvgIpc) is 3.80.